The quantitative estimate of drug-likeness (QED) is 0.673. The second-order valence-electron chi connectivity index (χ2n) is 5.47. The summed E-state index contributed by atoms with van der Waals surface area (Å²) in [5.74, 6) is 0. The Morgan fingerprint density at radius 3 is 2.47 bits per heavy atom. The smallest absolute Gasteiger partial charge is 0.0851 e. The first-order valence-corrected chi connectivity index (χ1v) is 6.83. The van der Waals surface area contributed by atoms with Gasteiger partial charge >= 0.3 is 0 Å². The highest BCUT2D eigenvalue weighted by Gasteiger charge is 2.29. The Morgan fingerprint density at radius 1 is 1.05 bits per heavy atom. The van der Waals surface area contributed by atoms with Crippen LogP contribution in [0.2, 0.25) is 0 Å². The van der Waals surface area contributed by atoms with Gasteiger partial charge in [0.15, 0.2) is 0 Å². The fraction of sp³-hybridized carbons (Fsp3) is 0.375. The van der Waals surface area contributed by atoms with Crippen LogP contribution in [0.15, 0.2) is 30.3 Å². The number of hydrogen-bond donors (Lipinski definition) is 1. The lowest BCUT2D eigenvalue weighted by molar-refractivity contribution is 0.402. The summed E-state index contributed by atoms with van der Waals surface area (Å²) in [6.07, 6.45) is 2.65. The van der Waals surface area contributed by atoms with E-state index in [0.717, 1.165) is 37.1 Å². The third kappa shape index (κ3) is 2.20. The summed E-state index contributed by atoms with van der Waals surface area (Å²) < 4.78 is 10.7. The van der Waals surface area contributed by atoms with Gasteiger partial charge in [0.2, 0.25) is 0 Å². The van der Waals surface area contributed by atoms with Crippen LogP contribution in [-0.2, 0) is 22.3 Å². The van der Waals surface area contributed by atoms with Gasteiger partial charge < -0.3 is 15.2 Å². The largest absolute Gasteiger partial charge is 0.398 e. The van der Waals surface area contributed by atoms with Gasteiger partial charge in [-0.3, -0.25) is 0 Å². The van der Waals surface area contributed by atoms with Crippen LogP contribution in [0, 0.1) is 0 Å². The fourth-order valence-electron chi connectivity index (χ4n) is 2.75. The molecule has 2 aromatic carbocycles. The van der Waals surface area contributed by atoms with Crippen LogP contribution >= 0.6 is 0 Å². The molecule has 4 rings (SSSR count). The average Bonchev–Trinajstić information content (AvgIpc) is 3.29. The first kappa shape index (κ1) is 11.3. The Balaban J connectivity index is 1.84. The third-order valence-corrected chi connectivity index (χ3v) is 3.98. The van der Waals surface area contributed by atoms with Gasteiger partial charge in [-0.15, -0.1) is 0 Å². The molecule has 19 heavy (non-hydrogen) atoms. The molecule has 0 aromatic heterocycles. The standard InChI is InChI=1S/C16H17NO2/c17-16-14-4-2-1-3-10(14)5-11(6-12-8-18-12)15(16)7-13-9-19-13/h1-5,12-13H,6-9,17H2. The molecule has 2 aliphatic rings. The van der Waals surface area contributed by atoms with Gasteiger partial charge in [0.05, 0.1) is 25.4 Å². The van der Waals surface area contributed by atoms with Crippen LogP contribution in [0.25, 0.3) is 10.8 Å². The summed E-state index contributed by atoms with van der Waals surface area (Å²) in [5.41, 5.74) is 9.91. The van der Waals surface area contributed by atoms with Gasteiger partial charge in [0.25, 0.3) is 0 Å². The normalized spacial score (nSPS) is 24.6. The number of nitrogen functional groups attached to an aromatic ring is 1. The lowest BCUT2D eigenvalue weighted by atomic mass is 9.93. The van der Waals surface area contributed by atoms with E-state index in [-0.39, 0.29) is 0 Å². The van der Waals surface area contributed by atoms with Gasteiger partial charge in [-0.05, 0) is 16.5 Å². The number of ether oxygens (including phenoxy) is 2. The lowest BCUT2D eigenvalue weighted by Crippen LogP contribution is -2.07. The van der Waals surface area contributed by atoms with Crippen molar-refractivity contribution in [1.82, 2.24) is 0 Å². The minimum atomic E-state index is 0.363. The van der Waals surface area contributed by atoms with Crippen LogP contribution < -0.4 is 5.73 Å². The molecule has 0 aliphatic carbocycles. The number of epoxide rings is 2. The van der Waals surface area contributed by atoms with Crippen molar-refractivity contribution in [3.8, 4) is 0 Å². The number of fused-ring (bicyclic) bond motifs is 1. The lowest BCUT2D eigenvalue weighted by Gasteiger charge is -2.14. The zero-order chi connectivity index (χ0) is 12.8. The van der Waals surface area contributed by atoms with Crippen LogP contribution in [0.3, 0.4) is 0 Å². The fourth-order valence-corrected chi connectivity index (χ4v) is 2.75. The maximum absolute atomic E-state index is 6.40. The molecule has 0 bridgehead atoms. The van der Waals surface area contributed by atoms with Crippen LogP contribution in [-0.4, -0.2) is 25.4 Å². The van der Waals surface area contributed by atoms with Crippen molar-refractivity contribution in [2.75, 3.05) is 18.9 Å². The molecule has 2 aliphatic heterocycles. The molecule has 2 unspecified atom stereocenters. The SMILES string of the molecule is Nc1c(CC2CO2)c(CC2CO2)cc2ccccc12. The molecule has 2 fully saturated rings. The Bertz CT molecular complexity index is 630. The van der Waals surface area contributed by atoms with Crippen LogP contribution in [0.4, 0.5) is 5.69 Å². The minimum Gasteiger partial charge on any atom is -0.398 e. The predicted molar refractivity (Wildman–Crippen MR) is 75.2 cm³/mol. The molecule has 2 N–H and O–H groups in total. The molecule has 2 saturated heterocycles. The number of benzene rings is 2. The van der Waals surface area contributed by atoms with Crippen molar-refractivity contribution in [3.05, 3.63) is 41.5 Å². The molecule has 98 valence electrons. The second kappa shape index (κ2) is 4.22. The highest BCUT2D eigenvalue weighted by Crippen LogP contribution is 2.33. The van der Waals surface area contributed by atoms with Crippen molar-refractivity contribution in [1.29, 1.82) is 0 Å². The number of nitrogens with two attached hydrogens (primary N) is 1. The zero-order valence-corrected chi connectivity index (χ0v) is 10.8. The van der Waals surface area contributed by atoms with Crippen molar-refractivity contribution >= 4 is 16.5 Å². The van der Waals surface area contributed by atoms with Crippen LogP contribution in [0.1, 0.15) is 11.1 Å². The summed E-state index contributed by atoms with van der Waals surface area (Å²) in [5, 5.41) is 2.37. The molecular formula is C16H17NO2. The third-order valence-electron chi connectivity index (χ3n) is 3.98. The van der Waals surface area contributed by atoms with E-state index in [1.807, 2.05) is 6.07 Å². The van der Waals surface area contributed by atoms with E-state index in [0.29, 0.717) is 12.2 Å². The summed E-state index contributed by atoms with van der Waals surface area (Å²) in [6.45, 7) is 1.75. The van der Waals surface area contributed by atoms with Crippen molar-refractivity contribution < 1.29 is 9.47 Å². The van der Waals surface area contributed by atoms with E-state index >= 15 is 0 Å². The summed E-state index contributed by atoms with van der Waals surface area (Å²) in [6, 6.07) is 10.6. The number of anilines is 1. The highest BCUT2D eigenvalue weighted by atomic mass is 16.6. The molecular weight excluding hydrogens is 238 g/mol. The van der Waals surface area contributed by atoms with Gasteiger partial charge in [0.1, 0.15) is 0 Å². The summed E-state index contributed by atoms with van der Waals surface area (Å²) >= 11 is 0. The van der Waals surface area contributed by atoms with E-state index in [9.17, 15) is 0 Å². The molecule has 2 heterocycles. The second-order valence-corrected chi connectivity index (χ2v) is 5.47. The topological polar surface area (TPSA) is 51.1 Å². The maximum atomic E-state index is 6.40. The monoisotopic (exact) mass is 255 g/mol. The Kier molecular flexibility index (Phi) is 2.50. The molecule has 2 aromatic rings. The summed E-state index contributed by atoms with van der Waals surface area (Å²) in [4.78, 5) is 0. The van der Waals surface area contributed by atoms with Gasteiger partial charge in [-0.25, -0.2) is 0 Å². The number of rotatable bonds is 4. The van der Waals surface area contributed by atoms with Crippen LogP contribution in [0.5, 0.6) is 0 Å². The van der Waals surface area contributed by atoms with Crippen molar-refractivity contribution in [2.45, 2.75) is 25.0 Å². The molecule has 2 atom stereocenters. The first-order valence-electron chi connectivity index (χ1n) is 6.83. The van der Waals surface area contributed by atoms with E-state index < -0.39 is 0 Å². The van der Waals surface area contributed by atoms with E-state index in [4.69, 9.17) is 15.2 Å². The van der Waals surface area contributed by atoms with Gasteiger partial charge in [0, 0.05) is 23.9 Å². The molecule has 3 nitrogen and oxygen atoms in total. The average molecular weight is 255 g/mol. The van der Waals surface area contributed by atoms with Crippen molar-refractivity contribution in [3.63, 3.8) is 0 Å². The Morgan fingerprint density at radius 2 is 1.74 bits per heavy atom. The molecule has 0 amide bonds. The molecule has 0 saturated carbocycles. The van der Waals surface area contributed by atoms with E-state index in [2.05, 4.69) is 24.3 Å². The summed E-state index contributed by atoms with van der Waals surface area (Å²) in [7, 11) is 0. The first-order chi connectivity index (χ1) is 9.31. The van der Waals surface area contributed by atoms with Gasteiger partial charge in [-0.2, -0.15) is 0 Å². The van der Waals surface area contributed by atoms with E-state index in [1.54, 1.807) is 0 Å². The Labute approximate surface area is 112 Å². The Hall–Kier alpha value is -1.58. The maximum Gasteiger partial charge on any atom is 0.0851 e. The molecule has 0 spiro atoms. The predicted octanol–water partition coefficient (Wildman–Crippen LogP) is 2.30. The molecule has 0 radical (unpaired) electrons. The van der Waals surface area contributed by atoms with Gasteiger partial charge in [-0.1, -0.05) is 30.3 Å². The van der Waals surface area contributed by atoms with Crippen molar-refractivity contribution in [2.24, 2.45) is 0 Å². The molecule has 3 heteroatoms. The zero-order valence-electron chi connectivity index (χ0n) is 10.8. The minimum absolute atomic E-state index is 0.363. The highest BCUT2D eigenvalue weighted by molar-refractivity contribution is 5.95. The number of hydrogen-bond acceptors (Lipinski definition) is 3. The van der Waals surface area contributed by atoms with E-state index in [1.165, 1.54) is 16.5 Å².